The van der Waals surface area contributed by atoms with Crippen LogP contribution in [0.15, 0.2) is 71.8 Å². The van der Waals surface area contributed by atoms with Crippen molar-refractivity contribution in [1.29, 1.82) is 0 Å². The van der Waals surface area contributed by atoms with Crippen molar-refractivity contribution in [1.82, 2.24) is 4.57 Å². The highest BCUT2D eigenvalue weighted by molar-refractivity contribution is 5.83. The zero-order valence-electron chi connectivity index (χ0n) is 13.8. The van der Waals surface area contributed by atoms with Crippen LogP contribution in [0.2, 0.25) is 0 Å². The Morgan fingerprint density at radius 1 is 0.870 bits per heavy atom. The van der Waals surface area contributed by atoms with Crippen molar-refractivity contribution in [2.45, 2.75) is 13.8 Å². The minimum Gasteiger partial charge on any atom is -0.352 e. The molecule has 23 heavy (non-hydrogen) atoms. The van der Waals surface area contributed by atoms with Crippen molar-refractivity contribution in [3.8, 4) is 0 Å². The molecule has 0 amide bonds. The van der Waals surface area contributed by atoms with E-state index in [1.54, 1.807) is 0 Å². The van der Waals surface area contributed by atoms with Gasteiger partial charge in [-0.25, -0.2) is 5.01 Å². The number of anilines is 2. The molecule has 0 saturated heterocycles. The van der Waals surface area contributed by atoms with E-state index in [2.05, 4.69) is 55.8 Å². The van der Waals surface area contributed by atoms with E-state index in [-0.39, 0.29) is 0 Å². The first-order valence-corrected chi connectivity index (χ1v) is 7.74. The maximum Gasteiger partial charge on any atom is 0.0652 e. The molecule has 3 aromatic rings. The highest BCUT2D eigenvalue weighted by Gasteiger charge is 2.08. The van der Waals surface area contributed by atoms with Crippen LogP contribution < -0.4 is 5.01 Å². The number of hydrogen-bond donors (Lipinski definition) is 0. The molecule has 0 saturated carbocycles. The Morgan fingerprint density at radius 3 is 1.83 bits per heavy atom. The fourth-order valence-electron chi connectivity index (χ4n) is 2.56. The van der Waals surface area contributed by atoms with Gasteiger partial charge >= 0.3 is 0 Å². The third-order valence-corrected chi connectivity index (χ3v) is 4.13. The van der Waals surface area contributed by atoms with Crippen LogP contribution >= 0.6 is 0 Å². The molecule has 3 nitrogen and oxygen atoms in total. The van der Waals surface area contributed by atoms with Crippen LogP contribution in [0.3, 0.4) is 0 Å². The van der Waals surface area contributed by atoms with E-state index in [9.17, 15) is 0 Å². The number of benzene rings is 2. The molecule has 3 rings (SSSR count). The second-order valence-corrected chi connectivity index (χ2v) is 5.61. The molecule has 0 aliphatic carbocycles. The Bertz CT molecular complexity index is 762. The SMILES string of the molecule is Cc1cc(/C=N\N(c2ccccc2)c2ccccc2)c(C)n1C. The molecule has 0 unspecified atom stereocenters. The summed E-state index contributed by atoms with van der Waals surface area (Å²) in [5.41, 5.74) is 5.67. The normalized spacial score (nSPS) is 11.1. The van der Waals surface area contributed by atoms with E-state index in [0.29, 0.717) is 0 Å². The molecule has 0 aliphatic heterocycles. The van der Waals surface area contributed by atoms with Gasteiger partial charge in [-0.1, -0.05) is 36.4 Å². The number of rotatable bonds is 4. The second-order valence-electron chi connectivity index (χ2n) is 5.61. The van der Waals surface area contributed by atoms with Gasteiger partial charge in [0, 0.05) is 24.0 Å². The van der Waals surface area contributed by atoms with Crippen LogP contribution in [0.5, 0.6) is 0 Å². The molecule has 0 aliphatic rings. The Balaban J connectivity index is 1.99. The summed E-state index contributed by atoms with van der Waals surface area (Å²) in [5, 5.41) is 6.70. The third kappa shape index (κ3) is 3.19. The lowest BCUT2D eigenvalue weighted by Gasteiger charge is -2.19. The van der Waals surface area contributed by atoms with E-state index in [1.807, 2.05) is 47.6 Å². The maximum absolute atomic E-state index is 4.74. The van der Waals surface area contributed by atoms with Gasteiger partial charge in [-0.05, 0) is 44.2 Å². The van der Waals surface area contributed by atoms with Gasteiger partial charge in [0.2, 0.25) is 0 Å². The molecule has 1 heterocycles. The first-order valence-electron chi connectivity index (χ1n) is 7.74. The summed E-state index contributed by atoms with van der Waals surface area (Å²) in [6.45, 7) is 4.22. The van der Waals surface area contributed by atoms with Gasteiger partial charge < -0.3 is 4.57 Å². The maximum atomic E-state index is 4.74. The molecule has 0 radical (unpaired) electrons. The Hall–Kier alpha value is -2.81. The van der Waals surface area contributed by atoms with Gasteiger partial charge in [0.05, 0.1) is 17.6 Å². The number of aromatic nitrogens is 1. The zero-order valence-corrected chi connectivity index (χ0v) is 13.8. The number of para-hydroxylation sites is 2. The molecule has 0 bridgehead atoms. The minimum absolute atomic E-state index is 1.04. The average Bonchev–Trinajstić information content (AvgIpc) is 2.84. The molecule has 3 heteroatoms. The van der Waals surface area contributed by atoms with Crippen molar-refractivity contribution in [2.24, 2.45) is 12.1 Å². The molecular weight excluding hydrogens is 282 g/mol. The molecule has 0 fully saturated rings. The highest BCUT2D eigenvalue weighted by atomic mass is 15.5. The fraction of sp³-hybridized carbons (Fsp3) is 0.150. The van der Waals surface area contributed by atoms with Gasteiger partial charge in [0.25, 0.3) is 0 Å². The molecule has 0 spiro atoms. The summed E-state index contributed by atoms with van der Waals surface area (Å²) in [6.07, 6.45) is 1.93. The molecule has 0 atom stereocenters. The zero-order chi connectivity index (χ0) is 16.2. The smallest absolute Gasteiger partial charge is 0.0652 e. The largest absolute Gasteiger partial charge is 0.352 e. The summed E-state index contributed by atoms with van der Waals surface area (Å²) >= 11 is 0. The third-order valence-electron chi connectivity index (χ3n) is 4.13. The molecular formula is C20H21N3. The van der Waals surface area contributed by atoms with Crippen LogP contribution in [-0.2, 0) is 7.05 Å². The van der Waals surface area contributed by atoms with Crippen LogP contribution in [-0.4, -0.2) is 10.8 Å². The molecule has 116 valence electrons. The van der Waals surface area contributed by atoms with Crippen LogP contribution in [0.25, 0.3) is 0 Å². The van der Waals surface area contributed by atoms with Gasteiger partial charge in [-0.15, -0.1) is 0 Å². The monoisotopic (exact) mass is 303 g/mol. The summed E-state index contributed by atoms with van der Waals surface area (Å²) in [4.78, 5) is 0. The van der Waals surface area contributed by atoms with Crippen molar-refractivity contribution in [2.75, 3.05) is 5.01 Å². The van der Waals surface area contributed by atoms with E-state index in [4.69, 9.17) is 5.10 Å². The van der Waals surface area contributed by atoms with E-state index in [0.717, 1.165) is 16.9 Å². The first-order chi connectivity index (χ1) is 11.2. The number of hydrazone groups is 1. The highest BCUT2D eigenvalue weighted by Crippen LogP contribution is 2.25. The number of hydrogen-bond acceptors (Lipinski definition) is 2. The van der Waals surface area contributed by atoms with Crippen molar-refractivity contribution < 1.29 is 0 Å². The van der Waals surface area contributed by atoms with E-state index in [1.165, 1.54) is 11.4 Å². The summed E-state index contributed by atoms with van der Waals surface area (Å²) < 4.78 is 2.18. The Kier molecular flexibility index (Phi) is 4.29. The van der Waals surface area contributed by atoms with E-state index < -0.39 is 0 Å². The Labute approximate surface area is 137 Å². The van der Waals surface area contributed by atoms with Gasteiger partial charge in [0.15, 0.2) is 0 Å². The lowest BCUT2D eigenvalue weighted by Crippen LogP contribution is -2.09. The van der Waals surface area contributed by atoms with Crippen molar-refractivity contribution in [3.05, 3.63) is 83.7 Å². The van der Waals surface area contributed by atoms with Gasteiger partial charge in [-0.2, -0.15) is 5.10 Å². The Morgan fingerprint density at radius 2 is 1.39 bits per heavy atom. The standard InChI is InChI=1S/C20H21N3/c1-16-14-18(17(2)22(16)3)15-21-23(19-10-6-4-7-11-19)20-12-8-5-9-13-20/h4-15H,1-3H3/b21-15-. The number of nitrogens with zero attached hydrogens (tertiary/aromatic N) is 3. The van der Waals surface area contributed by atoms with Crippen LogP contribution in [0.1, 0.15) is 17.0 Å². The van der Waals surface area contributed by atoms with E-state index >= 15 is 0 Å². The predicted molar refractivity (Wildman–Crippen MR) is 97.5 cm³/mol. The lowest BCUT2D eigenvalue weighted by atomic mass is 10.2. The second kappa shape index (κ2) is 6.53. The van der Waals surface area contributed by atoms with Crippen molar-refractivity contribution >= 4 is 17.6 Å². The molecule has 0 N–H and O–H groups in total. The minimum atomic E-state index is 1.04. The summed E-state index contributed by atoms with van der Waals surface area (Å²) in [6, 6.07) is 22.5. The fourth-order valence-corrected chi connectivity index (χ4v) is 2.56. The quantitative estimate of drug-likeness (QED) is 0.500. The molecule has 1 aromatic heterocycles. The first kappa shape index (κ1) is 15.1. The summed E-state index contributed by atoms with van der Waals surface area (Å²) in [7, 11) is 2.08. The van der Waals surface area contributed by atoms with Gasteiger partial charge in [-0.3, -0.25) is 0 Å². The predicted octanol–water partition coefficient (Wildman–Crippen LogP) is 4.81. The topological polar surface area (TPSA) is 20.5 Å². The molecule has 2 aromatic carbocycles. The lowest BCUT2D eigenvalue weighted by molar-refractivity contribution is 0.843. The van der Waals surface area contributed by atoms with Gasteiger partial charge in [0.1, 0.15) is 0 Å². The van der Waals surface area contributed by atoms with Crippen molar-refractivity contribution in [3.63, 3.8) is 0 Å². The number of aryl methyl sites for hydroxylation is 1. The van der Waals surface area contributed by atoms with Crippen LogP contribution in [0.4, 0.5) is 11.4 Å². The van der Waals surface area contributed by atoms with Crippen LogP contribution in [0, 0.1) is 13.8 Å². The average molecular weight is 303 g/mol. The summed E-state index contributed by atoms with van der Waals surface area (Å²) in [5.74, 6) is 0.